The maximum atomic E-state index is 11.9. The van der Waals surface area contributed by atoms with E-state index in [1.165, 1.54) is 11.8 Å². The van der Waals surface area contributed by atoms with Crippen LogP contribution in [0.15, 0.2) is 12.1 Å². The van der Waals surface area contributed by atoms with Crippen molar-refractivity contribution in [1.29, 1.82) is 0 Å². The van der Waals surface area contributed by atoms with Crippen LogP contribution in [0, 0.1) is 13.8 Å². The van der Waals surface area contributed by atoms with Gasteiger partial charge in [0, 0.05) is 20.0 Å². The lowest BCUT2D eigenvalue weighted by Crippen LogP contribution is -2.38. The van der Waals surface area contributed by atoms with E-state index in [0.29, 0.717) is 17.1 Å². The van der Waals surface area contributed by atoms with Crippen molar-refractivity contribution in [3.05, 3.63) is 28.3 Å². The Morgan fingerprint density at radius 3 is 2.45 bits per heavy atom. The van der Waals surface area contributed by atoms with Crippen molar-refractivity contribution in [2.75, 3.05) is 23.7 Å². The van der Waals surface area contributed by atoms with Crippen LogP contribution in [-0.2, 0) is 14.8 Å². The highest BCUT2D eigenvalue weighted by molar-refractivity contribution is 7.89. The third kappa shape index (κ3) is 5.26. The first-order chi connectivity index (χ1) is 10.2. The Morgan fingerprint density at radius 2 is 1.95 bits per heavy atom. The van der Waals surface area contributed by atoms with E-state index in [4.69, 9.17) is 11.6 Å². The Morgan fingerprint density at radius 1 is 1.32 bits per heavy atom. The van der Waals surface area contributed by atoms with Crippen LogP contribution in [0.3, 0.4) is 0 Å². The number of benzene rings is 1. The molecular formula is C15H23ClN2O3S. The van der Waals surface area contributed by atoms with E-state index in [-0.39, 0.29) is 24.7 Å². The molecule has 0 aliphatic rings. The van der Waals surface area contributed by atoms with Gasteiger partial charge in [0.15, 0.2) is 0 Å². The molecule has 0 heterocycles. The van der Waals surface area contributed by atoms with E-state index in [1.54, 1.807) is 13.0 Å². The smallest absolute Gasteiger partial charge is 0.223 e. The van der Waals surface area contributed by atoms with Gasteiger partial charge >= 0.3 is 0 Å². The van der Waals surface area contributed by atoms with Crippen LogP contribution in [0.1, 0.15) is 31.4 Å². The van der Waals surface area contributed by atoms with Gasteiger partial charge in [-0.15, -0.1) is 0 Å². The number of hydrogen-bond acceptors (Lipinski definition) is 3. The molecule has 1 aromatic rings. The number of hydrogen-bond donors (Lipinski definition) is 1. The SMILES string of the molecule is CCCS(=O)(=O)NCCN(C(C)=O)c1c(C)cc(C)cc1Cl. The molecule has 0 radical (unpaired) electrons. The zero-order valence-corrected chi connectivity index (χ0v) is 15.0. The lowest BCUT2D eigenvalue weighted by Gasteiger charge is -2.25. The number of sulfonamides is 1. The van der Waals surface area contributed by atoms with E-state index in [9.17, 15) is 13.2 Å². The molecule has 0 fully saturated rings. The van der Waals surface area contributed by atoms with Gasteiger partial charge in [0.25, 0.3) is 0 Å². The number of anilines is 1. The topological polar surface area (TPSA) is 66.5 Å². The summed E-state index contributed by atoms with van der Waals surface area (Å²) in [4.78, 5) is 13.4. The van der Waals surface area contributed by atoms with Gasteiger partial charge in [0.1, 0.15) is 0 Å². The van der Waals surface area contributed by atoms with Crippen LogP contribution in [0.2, 0.25) is 5.02 Å². The van der Waals surface area contributed by atoms with Gasteiger partial charge in [0.2, 0.25) is 15.9 Å². The first kappa shape index (κ1) is 18.9. The van der Waals surface area contributed by atoms with Crippen LogP contribution >= 0.6 is 11.6 Å². The van der Waals surface area contributed by atoms with Crippen molar-refractivity contribution >= 4 is 33.2 Å². The molecule has 0 aliphatic heterocycles. The predicted molar refractivity (Wildman–Crippen MR) is 91.0 cm³/mol. The summed E-state index contributed by atoms with van der Waals surface area (Å²) < 4.78 is 25.8. The Labute approximate surface area is 137 Å². The standard InChI is InChI=1S/C15H23ClN2O3S/c1-5-8-22(20,21)17-6-7-18(13(4)19)15-12(3)9-11(2)10-14(15)16/h9-10,17H,5-8H2,1-4H3. The fourth-order valence-corrected chi connectivity index (χ4v) is 3.84. The molecule has 0 aromatic heterocycles. The van der Waals surface area contributed by atoms with E-state index >= 15 is 0 Å². The molecule has 0 spiro atoms. The normalized spacial score (nSPS) is 11.5. The monoisotopic (exact) mass is 346 g/mol. The highest BCUT2D eigenvalue weighted by atomic mass is 35.5. The molecule has 1 amide bonds. The summed E-state index contributed by atoms with van der Waals surface area (Å²) in [5.41, 5.74) is 2.53. The molecule has 7 heteroatoms. The summed E-state index contributed by atoms with van der Waals surface area (Å²) in [5, 5.41) is 0.490. The maximum Gasteiger partial charge on any atom is 0.223 e. The van der Waals surface area contributed by atoms with Gasteiger partial charge in [-0.05, 0) is 37.5 Å². The first-order valence-electron chi connectivity index (χ1n) is 7.20. The molecule has 0 unspecified atom stereocenters. The number of carbonyl (C=O) groups is 1. The van der Waals surface area contributed by atoms with Crippen molar-refractivity contribution in [1.82, 2.24) is 4.72 Å². The molecule has 1 N–H and O–H groups in total. The van der Waals surface area contributed by atoms with Gasteiger partial charge in [-0.2, -0.15) is 0 Å². The number of aryl methyl sites for hydroxylation is 2. The molecule has 0 aliphatic carbocycles. The number of nitrogens with one attached hydrogen (secondary N) is 1. The van der Waals surface area contributed by atoms with E-state index in [0.717, 1.165) is 11.1 Å². The number of amides is 1. The second kappa shape index (κ2) is 7.94. The van der Waals surface area contributed by atoms with Crippen LogP contribution in [-0.4, -0.2) is 33.2 Å². The van der Waals surface area contributed by atoms with Gasteiger partial charge < -0.3 is 4.90 Å². The van der Waals surface area contributed by atoms with Crippen LogP contribution in [0.5, 0.6) is 0 Å². The molecule has 1 aromatic carbocycles. The molecule has 124 valence electrons. The first-order valence-corrected chi connectivity index (χ1v) is 9.23. The highest BCUT2D eigenvalue weighted by Crippen LogP contribution is 2.31. The number of carbonyl (C=O) groups excluding carboxylic acids is 1. The average molecular weight is 347 g/mol. The summed E-state index contributed by atoms with van der Waals surface area (Å²) in [6.07, 6.45) is 0.550. The van der Waals surface area contributed by atoms with Crippen LogP contribution in [0.25, 0.3) is 0 Å². The predicted octanol–water partition coefficient (Wildman–Crippen LogP) is 2.64. The quantitative estimate of drug-likeness (QED) is 0.825. The second-order valence-corrected chi connectivity index (χ2v) is 7.63. The average Bonchev–Trinajstić information content (AvgIpc) is 2.35. The summed E-state index contributed by atoms with van der Waals surface area (Å²) in [6.45, 7) is 7.45. The fraction of sp³-hybridized carbons (Fsp3) is 0.533. The molecule has 1 rings (SSSR count). The summed E-state index contributed by atoms with van der Waals surface area (Å²) in [5.74, 6) is -0.0965. The lowest BCUT2D eigenvalue weighted by molar-refractivity contribution is -0.116. The lowest BCUT2D eigenvalue weighted by atomic mass is 10.1. The second-order valence-electron chi connectivity index (χ2n) is 5.30. The largest absolute Gasteiger partial charge is 0.310 e. The summed E-state index contributed by atoms with van der Waals surface area (Å²) in [6, 6.07) is 3.74. The zero-order chi connectivity index (χ0) is 16.9. The van der Waals surface area contributed by atoms with Crippen molar-refractivity contribution in [3.63, 3.8) is 0 Å². The fourth-order valence-electron chi connectivity index (χ4n) is 2.33. The van der Waals surface area contributed by atoms with Gasteiger partial charge in [-0.3, -0.25) is 4.79 Å². The third-order valence-electron chi connectivity index (χ3n) is 3.18. The number of rotatable bonds is 7. The van der Waals surface area contributed by atoms with Crippen molar-refractivity contribution in [2.45, 2.75) is 34.1 Å². The summed E-state index contributed by atoms with van der Waals surface area (Å²) in [7, 11) is -3.28. The third-order valence-corrected chi connectivity index (χ3v) is 5.06. The Bertz CT molecular complexity index is 621. The number of halogens is 1. The molecule has 22 heavy (non-hydrogen) atoms. The zero-order valence-electron chi connectivity index (χ0n) is 13.4. The molecule has 0 saturated carbocycles. The maximum absolute atomic E-state index is 11.9. The van der Waals surface area contributed by atoms with Crippen LogP contribution < -0.4 is 9.62 Å². The van der Waals surface area contributed by atoms with Crippen LogP contribution in [0.4, 0.5) is 5.69 Å². The highest BCUT2D eigenvalue weighted by Gasteiger charge is 2.18. The minimum Gasteiger partial charge on any atom is -0.310 e. The van der Waals surface area contributed by atoms with Crippen molar-refractivity contribution in [2.24, 2.45) is 0 Å². The molecule has 5 nitrogen and oxygen atoms in total. The molecule has 0 saturated heterocycles. The Hall–Kier alpha value is -1.11. The Balaban J connectivity index is 2.91. The van der Waals surface area contributed by atoms with Gasteiger partial charge in [-0.1, -0.05) is 24.6 Å². The van der Waals surface area contributed by atoms with Gasteiger partial charge in [0.05, 0.1) is 16.5 Å². The molecular weight excluding hydrogens is 324 g/mol. The number of nitrogens with zero attached hydrogens (tertiary/aromatic N) is 1. The summed E-state index contributed by atoms with van der Waals surface area (Å²) >= 11 is 6.26. The Kier molecular flexibility index (Phi) is 6.84. The molecule has 0 bridgehead atoms. The minimum atomic E-state index is -3.28. The minimum absolute atomic E-state index is 0.0807. The van der Waals surface area contributed by atoms with Gasteiger partial charge in [-0.25, -0.2) is 13.1 Å². The van der Waals surface area contributed by atoms with E-state index in [2.05, 4.69) is 4.72 Å². The van der Waals surface area contributed by atoms with Crippen molar-refractivity contribution in [3.8, 4) is 0 Å². The molecule has 0 atom stereocenters. The van der Waals surface area contributed by atoms with Crippen molar-refractivity contribution < 1.29 is 13.2 Å². The van der Waals surface area contributed by atoms with E-state index < -0.39 is 10.0 Å². The van der Waals surface area contributed by atoms with E-state index in [1.807, 2.05) is 19.9 Å².